The van der Waals surface area contributed by atoms with Gasteiger partial charge in [0.2, 0.25) is 5.91 Å². The molecule has 3 heterocycles. The van der Waals surface area contributed by atoms with Gasteiger partial charge < -0.3 is 25.0 Å². The van der Waals surface area contributed by atoms with Gasteiger partial charge in [0.25, 0.3) is 12.4 Å². The van der Waals surface area contributed by atoms with Crippen molar-refractivity contribution in [2.75, 3.05) is 36.5 Å². The van der Waals surface area contributed by atoms with Crippen LogP contribution in [0.3, 0.4) is 0 Å². The van der Waals surface area contributed by atoms with Crippen molar-refractivity contribution in [3.8, 4) is 11.1 Å². The maximum Gasteiger partial charge on any atom is 0.290 e. The number of nitrogens with zero attached hydrogens (tertiary/aromatic N) is 3. The number of morpholine rings is 1. The number of hydrogen-bond donors (Lipinski definition) is 2. The van der Waals surface area contributed by atoms with E-state index >= 15 is 0 Å². The summed E-state index contributed by atoms with van der Waals surface area (Å²) in [7, 11) is 0. The van der Waals surface area contributed by atoms with Crippen LogP contribution in [0.1, 0.15) is 47.8 Å². The van der Waals surface area contributed by atoms with Gasteiger partial charge in [-0.1, -0.05) is 24.3 Å². The second kappa shape index (κ2) is 12.5. The topological polar surface area (TPSA) is 112 Å². The Kier molecular flexibility index (Phi) is 8.93. The molecule has 9 nitrogen and oxygen atoms in total. The number of carbonyl (C=O) groups excluding carboxylic acids is 2. The number of aromatic nitrogens is 1. The SMILES string of the molecule is CC(=O)N1c2ccc(-c3ccc(C(=O)N4CCOCC4)cc3)cc2[C@H](Nc2ccc(C)cn2)C[C@@H]1C.O=CO. The maximum absolute atomic E-state index is 12.8. The molecule has 2 atom stereocenters. The Morgan fingerprint density at radius 3 is 2.33 bits per heavy atom. The first kappa shape index (κ1) is 27.8. The number of carbonyl (C=O) groups is 3. The number of hydrogen-bond acceptors (Lipinski definition) is 6. The van der Waals surface area contributed by atoms with E-state index in [9.17, 15) is 9.59 Å². The number of benzene rings is 2. The Morgan fingerprint density at radius 1 is 1.05 bits per heavy atom. The van der Waals surface area contributed by atoms with Crippen LogP contribution in [0.2, 0.25) is 0 Å². The predicted molar refractivity (Wildman–Crippen MR) is 150 cm³/mol. The summed E-state index contributed by atoms with van der Waals surface area (Å²) in [6, 6.07) is 18.1. The number of fused-ring (bicyclic) bond motifs is 1. The van der Waals surface area contributed by atoms with Crippen LogP contribution in [-0.4, -0.2) is 65.6 Å². The van der Waals surface area contributed by atoms with Crippen molar-refractivity contribution in [2.24, 2.45) is 0 Å². The zero-order valence-corrected chi connectivity index (χ0v) is 22.5. The number of rotatable bonds is 4. The lowest BCUT2D eigenvalue weighted by Gasteiger charge is -2.39. The van der Waals surface area contributed by atoms with E-state index in [1.165, 1.54) is 0 Å². The Morgan fingerprint density at radius 2 is 1.72 bits per heavy atom. The van der Waals surface area contributed by atoms with E-state index in [0.717, 1.165) is 40.2 Å². The Hall–Kier alpha value is -4.24. The molecule has 0 radical (unpaired) electrons. The van der Waals surface area contributed by atoms with E-state index in [0.29, 0.717) is 31.9 Å². The molecule has 2 N–H and O–H groups in total. The zero-order valence-electron chi connectivity index (χ0n) is 22.5. The Balaban J connectivity index is 0.00000112. The molecule has 9 heteroatoms. The summed E-state index contributed by atoms with van der Waals surface area (Å²) < 4.78 is 5.36. The van der Waals surface area contributed by atoms with Crippen LogP contribution in [0, 0.1) is 6.92 Å². The molecule has 5 rings (SSSR count). The fourth-order valence-electron chi connectivity index (χ4n) is 5.15. The molecule has 2 aliphatic heterocycles. The minimum atomic E-state index is -0.250. The third-order valence-electron chi connectivity index (χ3n) is 7.02. The lowest BCUT2D eigenvalue weighted by Crippen LogP contribution is -2.43. The average Bonchev–Trinajstić information content (AvgIpc) is 2.94. The first-order valence-corrected chi connectivity index (χ1v) is 13.0. The van der Waals surface area contributed by atoms with E-state index in [1.807, 2.05) is 71.5 Å². The number of amides is 2. The predicted octanol–water partition coefficient (Wildman–Crippen LogP) is 4.53. The molecule has 0 unspecified atom stereocenters. The number of ether oxygens (including phenoxy) is 1. The van der Waals surface area contributed by atoms with Gasteiger partial charge in [-0.3, -0.25) is 14.4 Å². The highest BCUT2D eigenvalue weighted by atomic mass is 16.5. The van der Waals surface area contributed by atoms with Gasteiger partial charge in [-0.15, -0.1) is 0 Å². The number of nitrogens with one attached hydrogen (secondary N) is 1. The van der Waals surface area contributed by atoms with Crippen molar-refractivity contribution in [3.63, 3.8) is 0 Å². The summed E-state index contributed by atoms with van der Waals surface area (Å²) in [5.41, 5.74) is 5.85. The van der Waals surface area contributed by atoms with Gasteiger partial charge in [0, 0.05) is 43.5 Å². The molecule has 2 aromatic carbocycles. The van der Waals surface area contributed by atoms with Crippen molar-refractivity contribution in [3.05, 3.63) is 77.5 Å². The van der Waals surface area contributed by atoms with Gasteiger partial charge in [0.15, 0.2) is 0 Å². The normalized spacial score (nSPS) is 18.3. The van der Waals surface area contributed by atoms with Gasteiger partial charge in [0.1, 0.15) is 5.82 Å². The van der Waals surface area contributed by atoms with Crippen molar-refractivity contribution in [2.45, 2.75) is 39.3 Å². The van der Waals surface area contributed by atoms with Gasteiger partial charge in [-0.05, 0) is 72.9 Å². The largest absolute Gasteiger partial charge is 0.483 e. The van der Waals surface area contributed by atoms with Gasteiger partial charge in [0.05, 0.1) is 19.3 Å². The van der Waals surface area contributed by atoms with E-state index in [4.69, 9.17) is 14.6 Å². The highest BCUT2D eigenvalue weighted by Crippen LogP contribution is 2.41. The Bertz CT molecular complexity index is 1300. The van der Waals surface area contributed by atoms with Gasteiger partial charge in [-0.2, -0.15) is 0 Å². The number of aryl methyl sites for hydroxylation is 1. The van der Waals surface area contributed by atoms with Crippen molar-refractivity contribution < 1.29 is 24.2 Å². The van der Waals surface area contributed by atoms with Crippen molar-refractivity contribution >= 4 is 29.8 Å². The van der Waals surface area contributed by atoms with Crippen molar-refractivity contribution in [1.29, 1.82) is 0 Å². The summed E-state index contributed by atoms with van der Waals surface area (Å²) in [4.78, 5) is 41.9. The first-order valence-electron chi connectivity index (χ1n) is 13.0. The highest BCUT2D eigenvalue weighted by Gasteiger charge is 2.33. The molecule has 0 aliphatic carbocycles. The number of anilines is 2. The summed E-state index contributed by atoms with van der Waals surface area (Å²) >= 11 is 0. The van der Waals surface area contributed by atoms with Crippen molar-refractivity contribution in [1.82, 2.24) is 9.88 Å². The van der Waals surface area contributed by atoms with Crippen LogP contribution in [0.25, 0.3) is 11.1 Å². The van der Waals surface area contributed by atoms with E-state index in [1.54, 1.807) is 6.92 Å². The third-order valence-corrected chi connectivity index (χ3v) is 7.02. The molecular formula is C30H34N4O5. The van der Waals surface area contributed by atoms with Crippen LogP contribution >= 0.6 is 0 Å². The zero-order chi connectivity index (χ0) is 27.9. The third kappa shape index (κ3) is 6.43. The van der Waals surface area contributed by atoms with Crippen LogP contribution in [0.5, 0.6) is 0 Å². The monoisotopic (exact) mass is 530 g/mol. The standard InChI is InChI=1S/C29H32N4O3.CH2O2/c1-19-4-11-28(30-18-19)31-26-16-20(2)33(21(3)34)27-10-9-24(17-25(26)27)22-5-7-23(8-6-22)29(35)32-12-14-36-15-13-32;2-1-3/h4-11,17-18,20,26H,12-16H2,1-3H3,(H,30,31);1H,(H,2,3)/t20-,26+;/m0./s1. The molecule has 1 fully saturated rings. The molecule has 0 saturated carbocycles. The minimum absolute atomic E-state index is 0.0166. The van der Waals surface area contributed by atoms with E-state index in [-0.39, 0.29) is 30.4 Å². The summed E-state index contributed by atoms with van der Waals surface area (Å²) in [5.74, 6) is 0.891. The molecule has 2 amide bonds. The first-order chi connectivity index (χ1) is 18.8. The van der Waals surface area contributed by atoms with Crippen LogP contribution < -0.4 is 10.2 Å². The molecule has 1 saturated heterocycles. The minimum Gasteiger partial charge on any atom is -0.483 e. The van der Waals surface area contributed by atoms with Crippen LogP contribution in [0.4, 0.5) is 11.5 Å². The van der Waals surface area contributed by atoms with E-state index in [2.05, 4.69) is 23.3 Å². The second-order valence-electron chi connectivity index (χ2n) is 9.75. The quantitative estimate of drug-likeness (QED) is 0.477. The average molecular weight is 531 g/mol. The number of carboxylic acid groups (broad SMARTS) is 1. The maximum atomic E-state index is 12.8. The smallest absolute Gasteiger partial charge is 0.290 e. The van der Waals surface area contributed by atoms with Crippen LogP contribution in [-0.2, 0) is 14.3 Å². The molecular weight excluding hydrogens is 496 g/mol. The molecule has 39 heavy (non-hydrogen) atoms. The molecule has 0 spiro atoms. The fraction of sp³-hybridized carbons (Fsp3) is 0.333. The molecule has 2 aliphatic rings. The fourth-order valence-corrected chi connectivity index (χ4v) is 5.15. The lowest BCUT2D eigenvalue weighted by atomic mass is 9.89. The summed E-state index contributed by atoms with van der Waals surface area (Å²) in [6.45, 7) is 7.89. The summed E-state index contributed by atoms with van der Waals surface area (Å²) in [6.07, 6.45) is 2.63. The molecule has 1 aromatic heterocycles. The highest BCUT2D eigenvalue weighted by molar-refractivity contribution is 5.95. The van der Waals surface area contributed by atoms with Gasteiger partial charge >= 0.3 is 0 Å². The van der Waals surface area contributed by atoms with Gasteiger partial charge in [-0.25, -0.2) is 4.98 Å². The molecule has 3 aromatic rings. The number of pyridine rings is 1. The lowest BCUT2D eigenvalue weighted by molar-refractivity contribution is -0.123. The molecule has 204 valence electrons. The van der Waals surface area contributed by atoms with E-state index < -0.39 is 0 Å². The second-order valence-corrected chi connectivity index (χ2v) is 9.75. The molecule has 0 bridgehead atoms. The van der Waals surface area contributed by atoms with Crippen LogP contribution in [0.15, 0.2) is 60.8 Å². The summed E-state index contributed by atoms with van der Waals surface area (Å²) in [5, 5.41) is 10.5. The Labute approximate surface area is 228 Å².